The normalized spacial score (nSPS) is 20.8. The summed E-state index contributed by atoms with van der Waals surface area (Å²) in [6.07, 6.45) is 5.53. The highest BCUT2D eigenvalue weighted by Gasteiger charge is 2.23. The molecule has 6 heteroatoms. The van der Waals surface area contributed by atoms with Gasteiger partial charge >= 0.3 is 6.61 Å². The van der Waals surface area contributed by atoms with Gasteiger partial charge in [0.15, 0.2) is 11.5 Å². The summed E-state index contributed by atoms with van der Waals surface area (Å²) in [6.45, 7) is -1.58. The minimum absolute atomic E-state index is 0.0893. The number of carbonyl (C=O) groups is 1. The third kappa shape index (κ3) is 5.08. The van der Waals surface area contributed by atoms with Gasteiger partial charge in [-0.3, -0.25) is 4.79 Å². The zero-order valence-electron chi connectivity index (χ0n) is 13.6. The number of amides is 1. The maximum absolute atomic E-state index is 12.5. The summed E-state index contributed by atoms with van der Waals surface area (Å²) in [6, 6.07) is 5.14. The van der Waals surface area contributed by atoms with Crippen molar-refractivity contribution in [2.45, 2.75) is 45.1 Å². The van der Waals surface area contributed by atoms with Crippen LogP contribution in [0.25, 0.3) is 0 Å². The molecule has 0 spiro atoms. The van der Waals surface area contributed by atoms with E-state index in [4.69, 9.17) is 4.74 Å². The molecule has 0 aromatic heterocycles. The predicted octanol–water partition coefficient (Wildman–Crippen LogP) is 3.54. The van der Waals surface area contributed by atoms with Crippen LogP contribution < -0.4 is 14.8 Å². The number of benzene rings is 1. The van der Waals surface area contributed by atoms with Crippen molar-refractivity contribution in [3.05, 3.63) is 23.8 Å². The van der Waals surface area contributed by atoms with Crippen LogP contribution in [0.15, 0.2) is 18.2 Å². The number of nitrogens with one attached hydrogen (secondary N) is 1. The summed E-state index contributed by atoms with van der Waals surface area (Å²) in [5.74, 6) is 1.51. The highest BCUT2D eigenvalue weighted by Crippen LogP contribution is 2.34. The van der Waals surface area contributed by atoms with Crippen LogP contribution in [0.5, 0.6) is 11.5 Å². The molecule has 0 radical (unpaired) electrons. The molecule has 1 aromatic carbocycles. The van der Waals surface area contributed by atoms with Gasteiger partial charge in [0.05, 0.1) is 6.61 Å². The molecule has 1 heterocycles. The second kappa shape index (κ2) is 7.81. The lowest BCUT2D eigenvalue weighted by Crippen LogP contribution is -2.33. The third-order valence-electron chi connectivity index (χ3n) is 4.59. The van der Waals surface area contributed by atoms with E-state index in [-0.39, 0.29) is 11.7 Å². The molecule has 132 valence electrons. The first-order chi connectivity index (χ1) is 11.6. The smallest absolute Gasteiger partial charge is 0.387 e. The first kappa shape index (κ1) is 17.0. The van der Waals surface area contributed by atoms with Gasteiger partial charge in [0.25, 0.3) is 0 Å². The van der Waals surface area contributed by atoms with Gasteiger partial charge in [-0.05, 0) is 61.6 Å². The molecule has 1 saturated heterocycles. The second-order valence-corrected chi connectivity index (χ2v) is 6.66. The topological polar surface area (TPSA) is 47.6 Å². The van der Waals surface area contributed by atoms with E-state index in [0.717, 1.165) is 44.2 Å². The van der Waals surface area contributed by atoms with Gasteiger partial charge in [-0.2, -0.15) is 8.78 Å². The van der Waals surface area contributed by atoms with Gasteiger partial charge in [0, 0.05) is 13.0 Å². The van der Waals surface area contributed by atoms with Gasteiger partial charge in [0.2, 0.25) is 5.91 Å². The van der Waals surface area contributed by atoms with Gasteiger partial charge in [0.1, 0.15) is 0 Å². The van der Waals surface area contributed by atoms with E-state index < -0.39 is 6.61 Å². The zero-order chi connectivity index (χ0) is 16.9. The Balaban J connectivity index is 1.61. The largest absolute Gasteiger partial charge is 0.489 e. The van der Waals surface area contributed by atoms with E-state index in [1.54, 1.807) is 18.2 Å². The standard InChI is InChI=1S/C18H23F2NO3/c19-18(20)24-15-6-5-12(9-16(15)23-11-14-3-4-14)1-2-13-7-8-21-17(22)10-13/h5-6,9,13-14,18H,1-4,7-8,10-11H2,(H,21,22). The van der Waals surface area contributed by atoms with Gasteiger partial charge in [-0.15, -0.1) is 0 Å². The molecule has 3 rings (SSSR count). The quantitative estimate of drug-likeness (QED) is 0.788. The molecule has 1 unspecified atom stereocenters. The Labute approximate surface area is 140 Å². The summed E-state index contributed by atoms with van der Waals surface area (Å²) < 4.78 is 35.3. The SMILES string of the molecule is O=C1CC(CCc2ccc(OC(F)F)c(OCC3CC3)c2)CCN1. The molecule has 1 aliphatic heterocycles. The Hall–Kier alpha value is -1.85. The maximum atomic E-state index is 12.5. The van der Waals surface area contributed by atoms with E-state index in [9.17, 15) is 13.6 Å². The van der Waals surface area contributed by atoms with Crippen molar-refractivity contribution in [3.63, 3.8) is 0 Å². The van der Waals surface area contributed by atoms with Crippen molar-refractivity contribution in [1.29, 1.82) is 0 Å². The Bertz CT molecular complexity index is 575. The van der Waals surface area contributed by atoms with Crippen molar-refractivity contribution in [2.75, 3.05) is 13.2 Å². The number of piperidine rings is 1. The summed E-state index contributed by atoms with van der Waals surface area (Å²) in [5, 5.41) is 2.83. The number of alkyl halides is 2. The van der Waals surface area contributed by atoms with Gasteiger partial charge in [-0.1, -0.05) is 6.07 Å². The van der Waals surface area contributed by atoms with Gasteiger partial charge in [-0.25, -0.2) is 0 Å². The molecule has 1 aromatic rings. The van der Waals surface area contributed by atoms with E-state index >= 15 is 0 Å². The van der Waals surface area contributed by atoms with Crippen LogP contribution in [-0.4, -0.2) is 25.7 Å². The van der Waals surface area contributed by atoms with E-state index in [1.165, 1.54) is 0 Å². The maximum Gasteiger partial charge on any atom is 0.387 e. The van der Waals surface area contributed by atoms with Crippen molar-refractivity contribution in [3.8, 4) is 11.5 Å². The van der Waals surface area contributed by atoms with Crippen LogP contribution >= 0.6 is 0 Å². The van der Waals surface area contributed by atoms with Gasteiger partial charge < -0.3 is 14.8 Å². The average Bonchev–Trinajstić information content (AvgIpc) is 3.36. The molecule has 0 bridgehead atoms. The van der Waals surface area contributed by atoms with Crippen LogP contribution in [0.2, 0.25) is 0 Å². The van der Waals surface area contributed by atoms with Crippen molar-refractivity contribution >= 4 is 5.91 Å². The Kier molecular flexibility index (Phi) is 5.53. The molecule has 2 fully saturated rings. The highest BCUT2D eigenvalue weighted by atomic mass is 19.3. The van der Waals surface area contributed by atoms with E-state index in [2.05, 4.69) is 10.1 Å². The molecule has 1 N–H and O–H groups in total. The number of hydrogen-bond acceptors (Lipinski definition) is 3. The molecule has 1 saturated carbocycles. The van der Waals surface area contributed by atoms with Crippen molar-refractivity contribution in [2.24, 2.45) is 11.8 Å². The molecule has 1 amide bonds. The van der Waals surface area contributed by atoms with Crippen molar-refractivity contribution < 1.29 is 23.0 Å². The summed E-state index contributed by atoms with van der Waals surface area (Å²) in [4.78, 5) is 11.4. The monoisotopic (exact) mass is 339 g/mol. The number of carbonyl (C=O) groups excluding carboxylic acids is 1. The third-order valence-corrected chi connectivity index (χ3v) is 4.59. The first-order valence-electron chi connectivity index (χ1n) is 8.57. The summed E-state index contributed by atoms with van der Waals surface area (Å²) in [7, 11) is 0. The second-order valence-electron chi connectivity index (χ2n) is 6.66. The minimum Gasteiger partial charge on any atom is -0.489 e. The fraction of sp³-hybridized carbons (Fsp3) is 0.611. The summed E-state index contributed by atoms with van der Waals surface area (Å²) in [5.41, 5.74) is 1.02. The van der Waals surface area contributed by atoms with E-state index in [1.807, 2.05) is 0 Å². The lowest BCUT2D eigenvalue weighted by molar-refractivity contribution is -0.123. The van der Waals surface area contributed by atoms with E-state index in [0.29, 0.717) is 30.6 Å². The molecule has 1 atom stereocenters. The number of rotatable bonds is 8. The molecule has 1 aliphatic carbocycles. The van der Waals surface area contributed by atoms with Crippen LogP contribution in [0, 0.1) is 11.8 Å². The zero-order valence-corrected chi connectivity index (χ0v) is 13.6. The Morgan fingerprint density at radius 2 is 2.00 bits per heavy atom. The number of hydrogen-bond donors (Lipinski definition) is 1. The Morgan fingerprint density at radius 3 is 2.71 bits per heavy atom. The fourth-order valence-electron chi connectivity index (χ4n) is 2.98. The average molecular weight is 339 g/mol. The van der Waals surface area contributed by atoms with Crippen molar-refractivity contribution in [1.82, 2.24) is 5.32 Å². The lowest BCUT2D eigenvalue weighted by Gasteiger charge is -2.22. The molecular formula is C18H23F2NO3. The van der Waals surface area contributed by atoms with Crippen LogP contribution in [0.4, 0.5) is 8.78 Å². The van der Waals surface area contributed by atoms with Crippen LogP contribution in [0.1, 0.15) is 37.7 Å². The molecule has 2 aliphatic rings. The number of ether oxygens (including phenoxy) is 2. The number of halogens is 2. The molecule has 4 nitrogen and oxygen atoms in total. The molecule has 24 heavy (non-hydrogen) atoms. The Morgan fingerprint density at radius 1 is 1.17 bits per heavy atom. The fourth-order valence-corrected chi connectivity index (χ4v) is 2.98. The predicted molar refractivity (Wildman–Crippen MR) is 85.3 cm³/mol. The highest BCUT2D eigenvalue weighted by molar-refractivity contribution is 5.76. The summed E-state index contributed by atoms with van der Waals surface area (Å²) >= 11 is 0. The molecular weight excluding hydrogens is 316 g/mol. The van der Waals surface area contributed by atoms with Crippen LogP contribution in [-0.2, 0) is 11.2 Å². The minimum atomic E-state index is -2.86. The van der Waals surface area contributed by atoms with Crippen LogP contribution in [0.3, 0.4) is 0 Å². The number of aryl methyl sites for hydroxylation is 1. The first-order valence-corrected chi connectivity index (χ1v) is 8.57. The lowest BCUT2D eigenvalue weighted by atomic mass is 9.91.